The number of carbonyl (C=O) groups is 1. The highest BCUT2D eigenvalue weighted by molar-refractivity contribution is 5.78. The first-order valence-corrected chi connectivity index (χ1v) is 7.27. The molecule has 1 N–H and O–H groups in total. The van der Waals surface area contributed by atoms with E-state index in [4.69, 9.17) is 4.74 Å². The summed E-state index contributed by atoms with van der Waals surface area (Å²) in [5.41, 5.74) is 1.10. The van der Waals surface area contributed by atoms with E-state index >= 15 is 0 Å². The third-order valence-electron chi connectivity index (χ3n) is 4.14. The van der Waals surface area contributed by atoms with Crippen molar-refractivity contribution >= 4 is 5.91 Å². The molecule has 1 amide bonds. The van der Waals surface area contributed by atoms with Crippen LogP contribution in [-0.4, -0.2) is 38.1 Å². The average molecular weight is 276 g/mol. The predicted molar refractivity (Wildman–Crippen MR) is 79.8 cm³/mol. The van der Waals surface area contributed by atoms with Gasteiger partial charge in [0.05, 0.1) is 13.2 Å². The Balaban J connectivity index is 2.11. The van der Waals surface area contributed by atoms with Crippen LogP contribution in [0.1, 0.15) is 31.4 Å². The SMILES string of the molecule is CCC1CC(=O)N(CC(NC)c2ccccc2OC)C1. The second-order valence-electron chi connectivity index (χ2n) is 5.36. The van der Waals surface area contributed by atoms with E-state index < -0.39 is 0 Å². The normalized spacial score (nSPS) is 20.2. The molecule has 4 heteroatoms. The molecule has 0 saturated carbocycles. The third kappa shape index (κ3) is 3.12. The highest BCUT2D eigenvalue weighted by Crippen LogP contribution is 2.28. The van der Waals surface area contributed by atoms with Crippen LogP contribution in [0.4, 0.5) is 0 Å². The number of benzene rings is 1. The molecule has 1 aromatic rings. The Bertz CT molecular complexity index is 462. The lowest BCUT2D eigenvalue weighted by Gasteiger charge is -2.25. The van der Waals surface area contributed by atoms with Crippen molar-refractivity contribution in [2.24, 2.45) is 5.92 Å². The van der Waals surface area contributed by atoms with Crippen LogP contribution in [0, 0.1) is 5.92 Å². The molecule has 20 heavy (non-hydrogen) atoms. The molecule has 110 valence electrons. The van der Waals surface area contributed by atoms with Gasteiger partial charge in [0.25, 0.3) is 0 Å². The molecule has 0 aromatic heterocycles. The molecule has 1 aliphatic rings. The number of ether oxygens (including phenoxy) is 1. The first-order valence-electron chi connectivity index (χ1n) is 7.27. The van der Waals surface area contributed by atoms with Gasteiger partial charge in [-0.2, -0.15) is 0 Å². The smallest absolute Gasteiger partial charge is 0.222 e. The van der Waals surface area contributed by atoms with Crippen LogP contribution in [-0.2, 0) is 4.79 Å². The molecule has 0 radical (unpaired) electrons. The summed E-state index contributed by atoms with van der Waals surface area (Å²) in [4.78, 5) is 14.0. The van der Waals surface area contributed by atoms with Crippen LogP contribution in [0.25, 0.3) is 0 Å². The number of likely N-dealkylation sites (N-methyl/N-ethyl adjacent to an activating group) is 1. The van der Waals surface area contributed by atoms with Crippen LogP contribution in [0.2, 0.25) is 0 Å². The van der Waals surface area contributed by atoms with Gasteiger partial charge < -0.3 is 15.0 Å². The van der Waals surface area contributed by atoms with Crippen LogP contribution in [0.5, 0.6) is 5.75 Å². The maximum atomic E-state index is 12.0. The zero-order chi connectivity index (χ0) is 14.5. The fourth-order valence-corrected chi connectivity index (χ4v) is 2.82. The van der Waals surface area contributed by atoms with Gasteiger partial charge >= 0.3 is 0 Å². The van der Waals surface area contributed by atoms with Gasteiger partial charge in [-0.1, -0.05) is 31.5 Å². The number of para-hydroxylation sites is 1. The Labute approximate surface area is 121 Å². The van der Waals surface area contributed by atoms with E-state index in [0.717, 1.165) is 24.3 Å². The van der Waals surface area contributed by atoms with Gasteiger partial charge in [-0.05, 0) is 19.0 Å². The lowest BCUT2D eigenvalue weighted by Crippen LogP contribution is -2.35. The molecule has 1 aromatic carbocycles. The van der Waals surface area contributed by atoms with E-state index in [2.05, 4.69) is 18.3 Å². The molecule has 0 bridgehead atoms. The van der Waals surface area contributed by atoms with Crippen molar-refractivity contribution in [3.05, 3.63) is 29.8 Å². The summed E-state index contributed by atoms with van der Waals surface area (Å²) in [5.74, 6) is 1.65. The molecular formula is C16H24N2O2. The Morgan fingerprint density at radius 1 is 1.45 bits per heavy atom. The van der Waals surface area contributed by atoms with Gasteiger partial charge in [-0.3, -0.25) is 4.79 Å². The van der Waals surface area contributed by atoms with Crippen molar-refractivity contribution < 1.29 is 9.53 Å². The minimum absolute atomic E-state index is 0.103. The number of amides is 1. The summed E-state index contributed by atoms with van der Waals surface area (Å²) in [6.45, 7) is 3.73. The number of hydrogen-bond acceptors (Lipinski definition) is 3. The number of hydrogen-bond donors (Lipinski definition) is 1. The lowest BCUT2D eigenvalue weighted by atomic mass is 10.0. The Hall–Kier alpha value is -1.55. The summed E-state index contributed by atoms with van der Waals surface area (Å²) in [5, 5.41) is 3.30. The average Bonchev–Trinajstić information content (AvgIpc) is 2.85. The summed E-state index contributed by atoms with van der Waals surface area (Å²) in [6, 6.07) is 8.08. The first kappa shape index (κ1) is 14.9. The minimum Gasteiger partial charge on any atom is -0.496 e. The van der Waals surface area contributed by atoms with Crippen LogP contribution in [0.15, 0.2) is 24.3 Å². The largest absolute Gasteiger partial charge is 0.496 e. The van der Waals surface area contributed by atoms with Gasteiger partial charge in [0.2, 0.25) is 5.91 Å². The van der Waals surface area contributed by atoms with Gasteiger partial charge in [-0.15, -0.1) is 0 Å². The van der Waals surface area contributed by atoms with Crippen molar-refractivity contribution in [3.8, 4) is 5.75 Å². The number of likely N-dealkylation sites (tertiary alicyclic amines) is 1. The predicted octanol–water partition coefficient (Wildman–Crippen LogP) is 2.21. The fourth-order valence-electron chi connectivity index (χ4n) is 2.82. The molecule has 1 aliphatic heterocycles. The van der Waals surface area contributed by atoms with Crippen molar-refractivity contribution in [1.82, 2.24) is 10.2 Å². The zero-order valence-electron chi connectivity index (χ0n) is 12.6. The van der Waals surface area contributed by atoms with Gasteiger partial charge in [0.15, 0.2) is 0 Å². The van der Waals surface area contributed by atoms with E-state index in [0.29, 0.717) is 18.9 Å². The maximum Gasteiger partial charge on any atom is 0.222 e. The van der Waals surface area contributed by atoms with Crippen LogP contribution >= 0.6 is 0 Å². The zero-order valence-corrected chi connectivity index (χ0v) is 12.6. The summed E-state index contributed by atoms with van der Waals surface area (Å²) in [7, 11) is 3.61. The van der Waals surface area contributed by atoms with E-state index in [1.54, 1.807) is 7.11 Å². The monoisotopic (exact) mass is 276 g/mol. The number of methoxy groups -OCH3 is 1. The molecule has 4 nitrogen and oxygen atoms in total. The molecule has 1 saturated heterocycles. The second-order valence-corrected chi connectivity index (χ2v) is 5.36. The van der Waals surface area contributed by atoms with Crippen molar-refractivity contribution in [2.75, 3.05) is 27.2 Å². The summed E-state index contributed by atoms with van der Waals surface area (Å²) >= 11 is 0. The highest BCUT2D eigenvalue weighted by Gasteiger charge is 2.30. The number of nitrogens with zero attached hydrogens (tertiary/aromatic N) is 1. The fraction of sp³-hybridized carbons (Fsp3) is 0.562. The maximum absolute atomic E-state index is 12.0. The third-order valence-corrected chi connectivity index (χ3v) is 4.14. The van der Waals surface area contributed by atoms with Crippen molar-refractivity contribution in [3.63, 3.8) is 0 Å². The molecule has 2 atom stereocenters. The van der Waals surface area contributed by atoms with Gasteiger partial charge in [-0.25, -0.2) is 0 Å². The summed E-state index contributed by atoms with van der Waals surface area (Å²) < 4.78 is 5.42. The Morgan fingerprint density at radius 2 is 2.20 bits per heavy atom. The quantitative estimate of drug-likeness (QED) is 0.866. The highest BCUT2D eigenvalue weighted by atomic mass is 16.5. The standard InChI is InChI=1S/C16H24N2O2/c1-4-12-9-16(19)18(10-12)11-14(17-2)13-7-5-6-8-15(13)20-3/h5-8,12,14,17H,4,9-11H2,1-3H3. The van der Waals surface area contributed by atoms with Crippen molar-refractivity contribution in [1.29, 1.82) is 0 Å². The Morgan fingerprint density at radius 3 is 2.80 bits per heavy atom. The van der Waals surface area contributed by atoms with Crippen LogP contribution < -0.4 is 10.1 Å². The molecule has 0 spiro atoms. The van der Waals surface area contributed by atoms with Crippen LogP contribution in [0.3, 0.4) is 0 Å². The summed E-state index contributed by atoms with van der Waals surface area (Å²) in [6.07, 6.45) is 1.76. The lowest BCUT2D eigenvalue weighted by molar-refractivity contribution is -0.128. The van der Waals surface area contributed by atoms with E-state index in [1.807, 2.05) is 30.1 Å². The number of carbonyl (C=O) groups excluding carboxylic acids is 1. The molecule has 1 heterocycles. The number of nitrogens with one attached hydrogen (secondary N) is 1. The van der Waals surface area contributed by atoms with E-state index in [9.17, 15) is 4.79 Å². The Kier molecular flexibility index (Phi) is 5.01. The van der Waals surface area contributed by atoms with E-state index in [-0.39, 0.29) is 11.9 Å². The first-order chi connectivity index (χ1) is 9.69. The van der Waals surface area contributed by atoms with Gasteiger partial charge in [0.1, 0.15) is 5.75 Å². The molecular weight excluding hydrogens is 252 g/mol. The van der Waals surface area contributed by atoms with Gasteiger partial charge in [0, 0.05) is 25.1 Å². The number of rotatable bonds is 6. The minimum atomic E-state index is 0.103. The molecule has 0 aliphatic carbocycles. The topological polar surface area (TPSA) is 41.6 Å². The van der Waals surface area contributed by atoms with E-state index in [1.165, 1.54) is 0 Å². The second kappa shape index (κ2) is 6.75. The molecule has 1 fully saturated rings. The van der Waals surface area contributed by atoms with Crippen molar-refractivity contribution in [2.45, 2.75) is 25.8 Å². The molecule has 2 rings (SSSR count). The molecule has 2 unspecified atom stereocenters.